The van der Waals surface area contributed by atoms with Crippen LogP contribution in [0.1, 0.15) is 40.5 Å². The van der Waals surface area contributed by atoms with Crippen molar-refractivity contribution < 1.29 is 24.0 Å². The Morgan fingerprint density at radius 3 is 2.41 bits per heavy atom. The summed E-state index contributed by atoms with van der Waals surface area (Å²) in [7, 11) is 0. The maximum Gasteiger partial charge on any atom is 0.270 e. The molecule has 1 N–H and O–H groups in total. The van der Waals surface area contributed by atoms with E-state index in [9.17, 15) is 29.2 Å². The van der Waals surface area contributed by atoms with E-state index in [4.69, 9.17) is 0 Å². The van der Waals surface area contributed by atoms with Crippen LogP contribution in [0.15, 0.2) is 36.4 Å². The minimum Gasteiger partial charge on any atom is -0.394 e. The molecule has 0 aliphatic carbocycles. The quantitative estimate of drug-likeness (QED) is 0.393. The molecule has 2 aliphatic heterocycles. The van der Waals surface area contributed by atoms with Crippen LogP contribution in [0.25, 0.3) is 0 Å². The van der Waals surface area contributed by atoms with Gasteiger partial charge < -0.3 is 19.8 Å². The first kappa shape index (κ1) is 23.6. The zero-order valence-electron chi connectivity index (χ0n) is 18.9. The van der Waals surface area contributed by atoms with Crippen molar-refractivity contribution in [3.63, 3.8) is 0 Å². The van der Waals surface area contributed by atoms with Gasteiger partial charge in [0.2, 0.25) is 0 Å². The summed E-state index contributed by atoms with van der Waals surface area (Å²) in [5.74, 6) is -1.03. The molecular formula is C24H27FN4O5. The molecule has 2 saturated heterocycles. The Labute approximate surface area is 196 Å². The number of nitrogens with zero attached hydrogens (tertiary/aromatic N) is 4. The topological polar surface area (TPSA) is 107 Å². The zero-order valence-corrected chi connectivity index (χ0v) is 18.9. The normalized spacial score (nSPS) is 18.3. The van der Waals surface area contributed by atoms with Gasteiger partial charge in [-0.25, -0.2) is 4.39 Å². The number of anilines is 2. The zero-order chi connectivity index (χ0) is 24.4. The molecule has 10 heteroatoms. The maximum atomic E-state index is 14.6. The minimum atomic E-state index is -0.528. The van der Waals surface area contributed by atoms with Gasteiger partial charge in [0, 0.05) is 50.4 Å². The van der Waals surface area contributed by atoms with Crippen LogP contribution >= 0.6 is 0 Å². The van der Waals surface area contributed by atoms with E-state index >= 15 is 0 Å². The third kappa shape index (κ3) is 4.58. The Balaban J connectivity index is 1.54. The fourth-order valence-electron chi connectivity index (χ4n) is 4.71. The van der Waals surface area contributed by atoms with Gasteiger partial charge in [0.05, 0.1) is 34.5 Å². The number of aliphatic hydroxyl groups is 1. The van der Waals surface area contributed by atoms with Crippen LogP contribution in [-0.4, -0.2) is 72.0 Å². The number of ketones is 1. The summed E-state index contributed by atoms with van der Waals surface area (Å²) in [6, 6.07) is 8.51. The molecule has 180 valence electrons. The van der Waals surface area contributed by atoms with Crippen molar-refractivity contribution in [1.29, 1.82) is 0 Å². The lowest BCUT2D eigenvalue weighted by Crippen LogP contribution is -2.49. The van der Waals surface area contributed by atoms with Gasteiger partial charge in [0.25, 0.3) is 11.6 Å². The first-order valence-electron chi connectivity index (χ1n) is 11.3. The van der Waals surface area contributed by atoms with Gasteiger partial charge in [-0.05, 0) is 44.0 Å². The molecule has 0 radical (unpaired) electrons. The molecule has 4 rings (SSSR count). The number of halogens is 1. The third-order valence-corrected chi connectivity index (χ3v) is 6.58. The van der Waals surface area contributed by atoms with E-state index in [1.807, 2.05) is 9.80 Å². The highest BCUT2D eigenvalue weighted by molar-refractivity contribution is 6.01. The Hall–Kier alpha value is -3.53. The number of aliphatic hydroxyl groups excluding tert-OH is 1. The van der Waals surface area contributed by atoms with Crippen LogP contribution in [0.4, 0.5) is 21.5 Å². The molecule has 2 aromatic rings. The molecule has 1 atom stereocenters. The van der Waals surface area contributed by atoms with Crippen molar-refractivity contribution in [1.82, 2.24) is 4.90 Å². The lowest BCUT2D eigenvalue weighted by atomic mass is 10.1. The predicted molar refractivity (Wildman–Crippen MR) is 125 cm³/mol. The maximum absolute atomic E-state index is 14.6. The number of nitro benzene ring substituents is 1. The molecule has 0 aromatic heterocycles. The molecule has 0 unspecified atom stereocenters. The van der Waals surface area contributed by atoms with Gasteiger partial charge in [0.15, 0.2) is 5.78 Å². The van der Waals surface area contributed by atoms with Crippen molar-refractivity contribution in [2.45, 2.75) is 25.8 Å². The van der Waals surface area contributed by atoms with Crippen LogP contribution in [0.3, 0.4) is 0 Å². The Morgan fingerprint density at radius 1 is 1.09 bits per heavy atom. The molecule has 2 aromatic carbocycles. The highest BCUT2D eigenvalue weighted by atomic mass is 19.1. The largest absolute Gasteiger partial charge is 0.394 e. The number of non-ortho nitro benzene ring substituents is 1. The Bertz CT molecular complexity index is 1120. The average molecular weight is 471 g/mol. The molecule has 2 aliphatic rings. The Morgan fingerprint density at radius 2 is 1.79 bits per heavy atom. The number of carbonyl (C=O) groups is 2. The molecule has 9 nitrogen and oxygen atoms in total. The van der Waals surface area contributed by atoms with Crippen molar-refractivity contribution in [2.75, 3.05) is 49.1 Å². The van der Waals surface area contributed by atoms with Crippen LogP contribution in [-0.2, 0) is 0 Å². The Kier molecular flexibility index (Phi) is 6.78. The number of piperazine rings is 1. The summed E-state index contributed by atoms with van der Waals surface area (Å²) in [6.07, 6.45) is 1.65. The van der Waals surface area contributed by atoms with Crippen molar-refractivity contribution >= 4 is 28.8 Å². The number of nitro groups is 1. The van der Waals surface area contributed by atoms with Gasteiger partial charge in [0.1, 0.15) is 5.82 Å². The second-order valence-electron chi connectivity index (χ2n) is 8.63. The van der Waals surface area contributed by atoms with E-state index < -0.39 is 10.7 Å². The fourth-order valence-corrected chi connectivity index (χ4v) is 4.71. The fraction of sp³-hybridized carbons (Fsp3) is 0.417. The lowest BCUT2D eigenvalue weighted by Gasteiger charge is -2.37. The van der Waals surface area contributed by atoms with Gasteiger partial charge >= 0.3 is 0 Å². The smallest absolute Gasteiger partial charge is 0.270 e. The summed E-state index contributed by atoms with van der Waals surface area (Å²) in [6.45, 7) is 3.39. The summed E-state index contributed by atoms with van der Waals surface area (Å²) in [4.78, 5) is 41.2. The molecule has 2 heterocycles. The van der Waals surface area contributed by atoms with E-state index in [2.05, 4.69) is 0 Å². The van der Waals surface area contributed by atoms with Crippen LogP contribution in [0.2, 0.25) is 0 Å². The van der Waals surface area contributed by atoms with E-state index in [-0.39, 0.29) is 35.6 Å². The van der Waals surface area contributed by atoms with Crippen LogP contribution in [0, 0.1) is 15.9 Å². The number of rotatable bonds is 6. The monoisotopic (exact) mass is 470 g/mol. The van der Waals surface area contributed by atoms with Gasteiger partial charge in [-0.1, -0.05) is 0 Å². The number of Topliss-reactive ketones (excluding diaryl/α,β-unsaturated/α-hetero) is 1. The second-order valence-corrected chi connectivity index (χ2v) is 8.63. The number of hydrogen-bond acceptors (Lipinski definition) is 7. The highest BCUT2D eigenvalue weighted by Crippen LogP contribution is 2.32. The van der Waals surface area contributed by atoms with Gasteiger partial charge in [-0.2, -0.15) is 0 Å². The van der Waals surface area contributed by atoms with Crippen LogP contribution < -0.4 is 9.80 Å². The standard InChI is InChI=1S/C24H27FN4O5/c1-16(31)17-4-6-23(21(25)13-17)26-9-11-27(12-10-26)24(32)20-14-18(29(33)34)5-7-22(20)28-8-2-3-19(28)15-30/h4-7,13-14,19,30H,2-3,8-12,15H2,1H3/t19-/m1/s1. The first-order valence-corrected chi connectivity index (χ1v) is 11.3. The van der Waals surface area contributed by atoms with E-state index in [0.29, 0.717) is 49.7 Å². The molecular weight excluding hydrogens is 443 g/mol. The van der Waals surface area contributed by atoms with Crippen molar-refractivity contribution in [2.24, 2.45) is 0 Å². The van der Waals surface area contributed by atoms with E-state index in [0.717, 1.165) is 12.8 Å². The minimum absolute atomic E-state index is 0.0583. The number of benzene rings is 2. The van der Waals surface area contributed by atoms with Crippen molar-refractivity contribution in [3.05, 3.63) is 63.5 Å². The summed E-state index contributed by atoms with van der Waals surface area (Å²) in [5, 5.41) is 21.1. The van der Waals surface area contributed by atoms with Crippen molar-refractivity contribution in [3.8, 4) is 0 Å². The summed E-state index contributed by atoms with van der Waals surface area (Å²) >= 11 is 0. The van der Waals surface area contributed by atoms with E-state index in [1.165, 1.54) is 25.1 Å². The third-order valence-electron chi connectivity index (χ3n) is 6.58. The molecule has 2 fully saturated rings. The highest BCUT2D eigenvalue weighted by Gasteiger charge is 2.31. The predicted octanol–water partition coefficient (Wildman–Crippen LogP) is 2.86. The number of carbonyl (C=O) groups excluding carboxylic acids is 2. The SMILES string of the molecule is CC(=O)c1ccc(N2CCN(C(=O)c3cc([N+](=O)[O-])ccc3N3CCC[C@@H]3CO)CC2)c(F)c1. The summed E-state index contributed by atoms with van der Waals surface area (Å²) < 4.78 is 14.6. The summed E-state index contributed by atoms with van der Waals surface area (Å²) in [5.41, 5.74) is 1.32. The molecule has 34 heavy (non-hydrogen) atoms. The number of hydrogen-bond donors (Lipinski definition) is 1. The molecule has 0 saturated carbocycles. The van der Waals surface area contributed by atoms with Gasteiger partial charge in [-0.3, -0.25) is 19.7 Å². The number of amides is 1. The van der Waals surface area contributed by atoms with Crippen LogP contribution in [0.5, 0.6) is 0 Å². The molecule has 0 spiro atoms. The molecule has 1 amide bonds. The first-order chi connectivity index (χ1) is 16.3. The molecule has 0 bridgehead atoms. The second kappa shape index (κ2) is 9.76. The average Bonchev–Trinajstić information content (AvgIpc) is 3.32. The van der Waals surface area contributed by atoms with Gasteiger partial charge in [-0.15, -0.1) is 0 Å². The van der Waals surface area contributed by atoms with E-state index in [1.54, 1.807) is 23.1 Å². The lowest BCUT2D eigenvalue weighted by molar-refractivity contribution is -0.384.